The van der Waals surface area contributed by atoms with Gasteiger partial charge in [0, 0.05) is 44.0 Å². The zero-order valence-corrected chi connectivity index (χ0v) is 12.9. The van der Waals surface area contributed by atoms with Crippen LogP contribution in [0.1, 0.15) is 24.2 Å². The SMILES string of the molecule is CN[C@@H]1CCN(c2nc(N)nc3c4c(oc23)CCC(F)(F)C4)C1. The molecule has 23 heavy (non-hydrogen) atoms. The molecule has 3 N–H and O–H groups in total. The highest BCUT2D eigenvalue weighted by Gasteiger charge is 2.38. The lowest BCUT2D eigenvalue weighted by Gasteiger charge is -2.20. The number of furan rings is 1. The Labute approximate surface area is 132 Å². The van der Waals surface area contributed by atoms with Crippen molar-refractivity contribution in [3.05, 3.63) is 11.3 Å². The second kappa shape index (κ2) is 5.02. The highest BCUT2D eigenvalue weighted by atomic mass is 19.3. The van der Waals surface area contributed by atoms with E-state index >= 15 is 0 Å². The molecule has 1 aliphatic carbocycles. The maximum absolute atomic E-state index is 13.8. The van der Waals surface area contributed by atoms with Crippen LogP contribution in [0.2, 0.25) is 0 Å². The number of nitrogens with one attached hydrogen (secondary N) is 1. The zero-order valence-electron chi connectivity index (χ0n) is 12.9. The molecule has 1 aliphatic heterocycles. The van der Waals surface area contributed by atoms with E-state index in [9.17, 15) is 8.78 Å². The third-order valence-electron chi connectivity index (χ3n) is 4.76. The Morgan fingerprint density at radius 2 is 2.22 bits per heavy atom. The van der Waals surface area contributed by atoms with Crippen molar-refractivity contribution in [3.8, 4) is 0 Å². The van der Waals surface area contributed by atoms with Crippen LogP contribution >= 0.6 is 0 Å². The third kappa shape index (κ3) is 2.41. The average Bonchev–Trinajstić information content (AvgIpc) is 3.10. The topological polar surface area (TPSA) is 80.2 Å². The Hall–Kier alpha value is -1.96. The van der Waals surface area contributed by atoms with E-state index in [4.69, 9.17) is 10.2 Å². The molecule has 0 saturated carbocycles. The van der Waals surface area contributed by atoms with Gasteiger partial charge >= 0.3 is 0 Å². The zero-order chi connectivity index (χ0) is 16.2. The largest absolute Gasteiger partial charge is 0.455 e. The standard InChI is InChI=1S/C15H19F2N5O/c1-19-8-3-5-22(7-8)13-12-11(20-14(18)21-13)9-6-15(16,17)4-2-10(9)23-12/h8,19H,2-7H2,1H3,(H2,18,20,21)/t8-/m1/s1. The van der Waals surface area contributed by atoms with Crippen molar-refractivity contribution in [3.63, 3.8) is 0 Å². The molecule has 6 nitrogen and oxygen atoms in total. The summed E-state index contributed by atoms with van der Waals surface area (Å²) in [7, 11) is 1.92. The lowest BCUT2D eigenvalue weighted by atomic mass is 9.94. The fourth-order valence-electron chi connectivity index (χ4n) is 3.50. The van der Waals surface area contributed by atoms with Crippen LogP contribution in [0, 0.1) is 0 Å². The summed E-state index contributed by atoms with van der Waals surface area (Å²) in [6, 6.07) is 0.371. The van der Waals surface area contributed by atoms with E-state index in [-0.39, 0.29) is 25.2 Å². The molecule has 0 radical (unpaired) electrons. The minimum atomic E-state index is -2.71. The first-order chi connectivity index (χ1) is 11.0. The number of alkyl halides is 2. The van der Waals surface area contributed by atoms with Crippen LogP contribution in [0.4, 0.5) is 20.5 Å². The van der Waals surface area contributed by atoms with Crippen molar-refractivity contribution in [2.45, 2.75) is 37.6 Å². The molecule has 1 saturated heterocycles. The van der Waals surface area contributed by atoms with Crippen LogP contribution in [0.15, 0.2) is 4.42 Å². The molecule has 2 aromatic heterocycles. The molecular weight excluding hydrogens is 304 g/mol. The van der Waals surface area contributed by atoms with E-state index in [0.29, 0.717) is 34.3 Å². The number of anilines is 2. The number of halogens is 2. The number of fused-ring (bicyclic) bond motifs is 3. The number of likely N-dealkylation sites (N-methyl/N-ethyl adjacent to an activating group) is 1. The predicted molar refractivity (Wildman–Crippen MR) is 82.9 cm³/mol. The van der Waals surface area contributed by atoms with Gasteiger partial charge in [0.1, 0.15) is 11.3 Å². The van der Waals surface area contributed by atoms with Gasteiger partial charge in [0.15, 0.2) is 11.4 Å². The first-order valence-electron chi connectivity index (χ1n) is 7.84. The van der Waals surface area contributed by atoms with E-state index < -0.39 is 5.92 Å². The molecular formula is C15H19F2N5O. The smallest absolute Gasteiger partial charge is 0.252 e. The molecule has 124 valence electrons. The predicted octanol–water partition coefficient (Wildman–Crippen LogP) is 1.73. The normalized spacial score (nSPS) is 23.4. The molecule has 2 aliphatic rings. The molecule has 0 aromatic carbocycles. The number of rotatable bonds is 2. The van der Waals surface area contributed by atoms with Crippen LogP contribution in [0.3, 0.4) is 0 Å². The number of aromatic nitrogens is 2. The van der Waals surface area contributed by atoms with Crippen molar-refractivity contribution >= 4 is 22.9 Å². The Kier molecular flexibility index (Phi) is 3.19. The monoisotopic (exact) mass is 323 g/mol. The minimum Gasteiger partial charge on any atom is -0.455 e. The number of nitrogen functional groups attached to an aromatic ring is 1. The molecule has 2 aromatic rings. The summed E-state index contributed by atoms with van der Waals surface area (Å²) in [6.07, 6.45) is 0.672. The number of hydrogen-bond donors (Lipinski definition) is 2. The van der Waals surface area contributed by atoms with Gasteiger partial charge in [-0.3, -0.25) is 0 Å². The first kappa shape index (κ1) is 14.6. The summed E-state index contributed by atoms with van der Waals surface area (Å²) >= 11 is 0. The highest BCUT2D eigenvalue weighted by Crippen LogP contribution is 2.40. The summed E-state index contributed by atoms with van der Waals surface area (Å²) in [6.45, 7) is 1.60. The van der Waals surface area contributed by atoms with E-state index in [1.54, 1.807) is 0 Å². The molecule has 0 bridgehead atoms. The number of aryl methyl sites for hydroxylation is 1. The van der Waals surface area contributed by atoms with Crippen molar-refractivity contribution in [2.75, 3.05) is 30.8 Å². The number of hydrogen-bond acceptors (Lipinski definition) is 6. The fraction of sp³-hybridized carbons (Fsp3) is 0.600. The van der Waals surface area contributed by atoms with Gasteiger partial charge in [-0.1, -0.05) is 0 Å². The van der Waals surface area contributed by atoms with Gasteiger partial charge < -0.3 is 20.4 Å². The highest BCUT2D eigenvalue weighted by molar-refractivity contribution is 5.89. The van der Waals surface area contributed by atoms with E-state index in [1.165, 1.54) is 0 Å². The third-order valence-corrected chi connectivity index (χ3v) is 4.76. The molecule has 3 heterocycles. The molecule has 0 amide bonds. The van der Waals surface area contributed by atoms with Gasteiger partial charge in [-0.15, -0.1) is 0 Å². The van der Waals surface area contributed by atoms with Gasteiger partial charge in [-0.2, -0.15) is 4.98 Å². The first-order valence-corrected chi connectivity index (χ1v) is 7.84. The summed E-state index contributed by atoms with van der Waals surface area (Å²) in [5.74, 6) is -1.41. The maximum atomic E-state index is 13.8. The molecule has 1 fully saturated rings. The Balaban J connectivity index is 1.82. The van der Waals surface area contributed by atoms with Crippen molar-refractivity contribution in [2.24, 2.45) is 0 Å². The number of nitrogens with zero attached hydrogens (tertiary/aromatic N) is 3. The van der Waals surface area contributed by atoms with Crippen LogP contribution in [0.25, 0.3) is 11.1 Å². The second-order valence-electron chi connectivity index (χ2n) is 6.34. The summed E-state index contributed by atoms with van der Waals surface area (Å²) < 4.78 is 33.4. The summed E-state index contributed by atoms with van der Waals surface area (Å²) in [5, 5.41) is 3.24. The quantitative estimate of drug-likeness (QED) is 0.876. The molecule has 4 rings (SSSR count). The lowest BCUT2D eigenvalue weighted by molar-refractivity contribution is -0.0140. The van der Waals surface area contributed by atoms with Crippen molar-refractivity contribution < 1.29 is 13.2 Å². The van der Waals surface area contributed by atoms with Gasteiger partial charge in [0.25, 0.3) is 5.92 Å². The molecule has 0 spiro atoms. The van der Waals surface area contributed by atoms with E-state index in [2.05, 4.69) is 20.2 Å². The Morgan fingerprint density at radius 3 is 2.96 bits per heavy atom. The van der Waals surface area contributed by atoms with Gasteiger partial charge in [-0.05, 0) is 13.5 Å². The van der Waals surface area contributed by atoms with Gasteiger partial charge in [0.05, 0.1) is 0 Å². The molecule has 8 heteroatoms. The number of nitrogens with two attached hydrogens (primary N) is 1. The van der Waals surface area contributed by atoms with E-state index in [1.807, 2.05) is 7.05 Å². The molecule has 0 unspecified atom stereocenters. The van der Waals surface area contributed by atoms with E-state index in [0.717, 1.165) is 19.5 Å². The summed E-state index contributed by atoms with van der Waals surface area (Å²) in [4.78, 5) is 10.6. The molecule has 1 atom stereocenters. The lowest BCUT2D eigenvalue weighted by Crippen LogP contribution is -2.30. The average molecular weight is 323 g/mol. The van der Waals surface area contributed by atoms with Crippen LogP contribution in [-0.2, 0) is 12.8 Å². The van der Waals surface area contributed by atoms with Crippen molar-refractivity contribution in [1.29, 1.82) is 0 Å². The van der Waals surface area contributed by atoms with Gasteiger partial charge in [-0.25, -0.2) is 13.8 Å². The second-order valence-corrected chi connectivity index (χ2v) is 6.34. The fourth-order valence-corrected chi connectivity index (χ4v) is 3.50. The van der Waals surface area contributed by atoms with Gasteiger partial charge in [0.2, 0.25) is 5.95 Å². The minimum absolute atomic E-state index is 0.0953. The van der Waals surface area contributed by atoms with Crippen LogP contribution < -0.4 is 16.0 Å². The summed E-state index contributed by atoms with van der Waals surface area (Å²) in [5.41, 5.74) is 7.23. The maximum Gasteiger partial charge on any atom is 0.252 e. The van der Waals surface area contributed by atoms with Crippen LogP contribution in [-0.4, -0.2) is 42.1 Å². The Morgan fingerprint density at radius 1 is 1.39 bits per heavy atom. The van der Waals surface area contributed by atoms with Crippen LogP contribution in [0.5, 0.6) is 0 Å². The van der Waals surface area contributed by atoms with Crippen molar-refractivity contribution in [1.82, 2.24) is 15.3 Å². The Bertz CT molecular complexity index is 760.